The Morgan fingerprint density at radius 3 is 2.12 bits per heavy atom. The van der Waals surface area contributed by atoms with Crippen molar-refractivity contribution in [3.63, 3.8) is 0 Å². The van der Waals surface area contributed by atoms with E-state index in [-0.39, 0.29) is 41.7 Å². The smallest absolute Gasteiger partial charge is 0.353 e. The molecule has 1 saturated heterocycles. The topological polar surface area (TPSA) is 48.8 Å². The number of anilines is 1. The first-order valence-electron chi connectivity index (χ1n) is 13.5. The molecule has 1 fully saturated rings. The maximum atomic E-state index is 13.6. The molecule has 2 aliphatic heterocycles. The van der Waals surface area contributed by atoms with Gasteiger partial charge < -0.3 is 9.80 Å². The Bertz CT molecular complexity index is 1440. The van der Waals surface area contributed by atoms with E-state index in [2.05, 4.69) is 11.1 Å². The Hall–Kier alpha value is -4.08. The van der Waals surface area contributed by atoms with Gasteiger partial charge in [-0.15, -0.1) is 0 Å². The van der Waals surface area contributed by atoms with Crippen molar-refractivity contribution in [3.8, 4) is 0 Å². The first-order chi connectivity index (χ1) is 19.6. The van der Waals surface area contributed by atoms with Gasteiger partial charge in [0.05, 0.1) is 11.6 Å². The molecule has 41 heavy (non-hydrogen) atoms. The molecule has 214 valence electrons. The van der Waals surface area contributed by atoms with Crippen LogP contribution in [0.15, 0.2) is 77.9 Å². The predicted molar refractivity (Wildman–Crippen MR) is 148 cm³/mol. The number of halogens is 5. The highest BCUT2D eigenvalue weighted by Gasteiger charge is 2.32. The average Bonchev–Trinajstić information content (AvgIpc) is 2.97. The maximum Gasteiger partial charge on any atom is 0.416 e. The Labute approximate surface area is 235 Å². The molecule has 3 heterocycles. The van der Waals surface area contributed by atoms with Crippen molar-refractivity contribution < 1.29 is 26.7 Å². The minimum Gasteiger partial charge on any atom is -0.353 e. The molecular weight excluding hydrogens is 539 g/mol. The molecule has 5 rings (SSSR count). The van der Waals surface area contributed by atoms with Crippen molar-refractivity contribution in [3.05, 3.63) is 101 Å². The van der Waals surface area contributed by atoms with Gasteiger partial charge >= 0.3 is 6.18 Å². The van der Waals surface area contributed by atoms with Gasteiger partial charge in [0.2, 0.25) is 5.91 Å². The van der Waals surface area contributed by atoms with E-state index in [4.69, 9.17) is 4.99 Å². The van der Waals surface area contributed by atoms with E-state index in [0.29, 0.717) is 32.6 Å². The first-order valence-corrected chi connectivity index (χ1v) is 13.5. The second-order valence-corrected chi connectivity index (χ2v) is 10.3. The number of benzene rings is 2. The summed E-state index contributed by atoms with van der Waals surface area (Å²) < 4.78 is 66.5. The number of amides is 1. The van der Waals surface area contributed by atoms with E-state index in [1.54, 1.807) is 34.1 Å². The number of pyridine rings is 1. The largest absolute Gasteiger partial charge is 0.416 e. The molecule has 1 aromatic heterocycles. The number of carbonyl (C=O) groups is 1. The molecule has 5 nitrogen and oxygen atoms in total. The third-order valence-corrected chi connectivity index (χ3v) is 7.49. The molecule has 2 unspecified atom stereocenters. The van der Waals surface area contributed by atoms with Gasteiger partial charge in [-0.3, -0.25) is 9.79 Å². The second kappa shape index (κ2) is 11.8. The molecule has 3 aromatic rings. The summed E-state index contributed by atoms with van der Waals surface area (Å²) in [5.74, 6) is -0.603. The lowest BCUT2D eigenvalue weighted by molar-refractivity contribution is -0.137. The van der Waals surface area contributed by atoms with Crippen LogP contribution in [-0.4, -0.2) is 53.7 Å². The Morgan fingerprint density at radius 2 is 1.51 bits per heavy atom. The Kier molecular flexibility index (Phi) is 8.19. The van der Waals surface area contributed by atoms with Crippen LogP contribution in [0.5, 0.6) is 0 Å². The van der Waals surface area contributed by atoms with E-state index in [0.717, 1.165) is 40.7 Å². The number of hydrogen-bond acceptors (Lipinski definition) is 4. The molecule has 0 radical (unpaired) electrons. The highest BCUT2D eigenvalue weighted by atomic mass is 19.4. The minimum atomic E-state index is -4.45. The van der Waals surface area contributed by atoms with E-state index in [9.17, 15) is 26.7 Å². The maximum absolute atomic E-state index is 13.6. The summed E-state index contributed by atoms with van der Waals surface area (Å²) in [7, 11) is 0. The molecule has 0 spiro atoms. The van der Waals surface area contributed by atoms with Gasteiger partial charge in [-0.05, 0) is 59.5 Å². The number of aromatic nitrogens is 1. The van der Waals surface area contributed by atoms with Gasteiger partial charge in [-0.25, -0.2) is 13.8 Å². The summed E-state index contributed by atoms with van der Waals surface area (Å²) in [5, 5.41) is 0. The lowest BCUT2D eigenvalue weighted by Crippen LogP contribution is -2.49. The van der Waals surface area contributed by atoms with Crippen molar-refractivity contribution in [1.82, 2.24) is 9.88 Å². The predicted octanol–water partition coefficient (Wildman–Crippen LogP) is 6.40. The molecule has 10 heteroatoms. The van der Waals surface area contributed by atoms with Crippen LogP contribution >= 0.6 is 0 Å². The van der Waals surface area contributed by atoms with Crippen LogP contribution in [0.4, 0.5) is 27.8 Å². The van der Waals surface area contributed by atoms with Crippen LogP contribution in [0, 0.1) is 17.6 Å². The number of nitrogens with zero attached hydrogens (tertiary/aromatic N) is 4. The minimum absolute atomic E-state index is 0.0720. The van der Waals surface area contributed by atoms with Crippen molar-refractivity contribution >= 4 is 23.0 Å². The highest BCUT2D eigenvalue weighted by Crippen LogP contribution is 2.33. The van der Waals surface area contributed by atoms with Crippen LogP contribution in [0.2, 0.25) is 0 Å². The van der Waals surface area contributed by atoms with Gasteiger partial charge in [0.25, 0.3) is 0 Å². The molecule has 1 amide bonds. The number of aliphatic imine (C=N–C) groups is 1. The standard InChI is InChI=1S/C31H29F5N4O/c1-20-18-26(21-2-6-24(32)7-3-21)27(38-30(20)22-4-8-25(33)9-5-22)10-11-29(41)40-16-14-39(15-17-40)28-19-23(12-13-37-28)31(34,35)36/h2-9,12-13,18-20,27H,10-11,14-17H2,1H3. The molecule has 0 N–H and O–H groups in total. The van der Waals surface area contributed by atoms with E-state index < -0.39 is 11.7 Å². The zero-order valence-electron chi connectivity index (χ0n) is 22.4. The number of alkyl halides is 3. The lowest BCUT2D eigenvalue weighted by Gasteiger charge is -2.36. The zero-order valence-corrected chi connectivity index (χ0v) is 22.4. The van der Waals surface area contributed by atoms with E-state index in [1.165, 1.54) is 24.3 Å². The van der Waals surface area contributed by atoms with Gasteiger partial charge in [-0.1, -0.05) is 37.3 Å². The fourth-order valence-electron chi connectivity index (χ4n) is 5.29. The number of piperazine rings is 1. The number of carbonyl (C=O) groups excluding carboxylic acids is 1. The van der Waals surface area contributed by atoms with Crippen LogP contribution in [0.3, 0.4) is 0 Å². The number of rotatable bonds is 6. The van der Waals surface area contributed by atoms with Crippen LogP contribution in [-0.2, 0) is 11.0 Å². The van der Waals surface area contributed by atoms with Gasteiger partial charge in [0, 0.05) is 50.4 Å². The van der Waals surface area contributed by atoms with Gasteiger partial charge in [0.15, 0.2) is 0 Å². The number of hydrogen-bond donors (Lipinski definition) is 0. The average molecular weight is 569 g/mol. The summed E-state index contributed by atoms with van der Waals surface area (Å²) in [6, 6.07) is 13.9. The fraction of sp³-hybridized carbons (Fsp3) is 0.323. The zero-order chi connectivity index (χ0) is 29.1. The molecule has 2 aromatic carbocycles. The van der Waals surface area contributed by atoms with Crippen LogP contribution < -0.4 is 4.90 Å². The third-order valence-electron chi connectivity index (χ3n) is 7.49. The third kappa shape index (κ3) is 6.64. The Morgan fingerprint density at radius 1 is 0.902 bits per heavy atom. The van der Waals surface area contributed by atoms with Crippen molar-refractivity contribution in [2.75, 3.05) is 31.1 Å². The first kappa shape index (κ1) is 28.4. The molecule has 0 bridgehead atoms. The molecule has 2 aliphatic rings. The molecule has 0 aliphatic carbocycles. The van der Waals surface area contributed by atoms with Crippen LogP contribution in [0.25, 0.3) is 5.57 Å². The van der Waals surface area contributed by atoms with E-state index >= 15 is 0 Å². The lowest BCUT2D eigenvalue weighted by atomic mass is 9.85. The quantitative estimate of drug-likeness (QED) is 0.324. The van der Waals surface area contributed by atoms with Crippen molar-refractivity contribution in [1.29, 1.82) is 0 Å². The summed E-state index contributed by atoms with van der Waals surface area (Å²) in [6.07, 6.45) is -0.621. The SMILES string of the molecule is CC1C=C(c2ccc(F)cc2)C(CCC(=O)N2CCN(c3cc(C(F)(F)F)ccn3)CC2)N=C1c1ccc(F)cc1. The summed E-state index contributed by atoms with van der Waals surface area (Å²) in [5.41, 5.74) is 2.55. The summed E-state index contributed by atoms with van der Waals surface area (Å²) in [6.45, 7) is 3.46. The molecule has 0 saturated carbocycles. The highest BCUT2D eigenvalue weighted by molar-refractivity contribution is 6.05. The number of allylic oxidation sites excluding steroid dienone is 1. The molecular formula is C31H29F5N4O. The normalized spacial score (nSPS) is 19.6. The molecule has 2 atom stereocenters. The van der Waals surface area contributed by atoms with Gasteiger partial charge in [-0.2, -0.15) is 13.2 Å². The number of dihydropyridines is 1. The second-order valence-electron chi connectivity index (χ2n) is 10.3. The monoisotopic (exact) mass is 568 g/mol. The van der Waals surface area contributed by atoms with E-state index in [1.807, 2.05) is 6.92 Å². The van der Waals surface area contributed by atoms with Crippen molar-refractivity contribution in [2.45, 2.75) is 32.0 Å². The van der Waals surface area contributed by atoms with Crippen molar-refractivity contribution in [2.24, 2.45) is 10.9 Å². The summed E-state index contributed by atoms with van der Waals surface area (Å²) >= 11 is 0. The van der Waals surface area contributed by atoms with Crippen LogP contribution in [0.1, 0.15) is 36.5 Å². The fourth-order valence-corrected chi connectivity index (χ4v) is 5.29. The summed E-state index contributed by atoms with van der Waals surface area (Å²) in [4.78, 5) is 25.7. The van der Waals surface area contributed by atoms with Gasteiger partial charge in [0.1, 0.15) is 17.5 Å². The Balaban J connectivity index is 1.27.